The summed E-state index contributed by atoms with van der Waals surface area (Å²) in [6.07, 6.45) is 14.4. The Hall–Kier alpha value is -1.16. The van der Waals surface area contributed by atoms with E-state index in [2.05, 4.69) is 6.92 Å². The van der Waals surface area contributed by atoms with E-state index in [1.54, 1.807) is 6.08 Å². The lowest BCUT2D eigenvalue weighted by molar-refractivity contribution is -0.137. The van der Waals surface area contributed by atoms with Gasteiger partial charge in [0.05, 0.1) is 6.10 Å². The van der Waals surface area contributed by atoms with Crippen LogP contribution in [0.1, 0.15) is 77.6 Å². The summed E-state index contributed by atoms with van der Waals surface area (Å²) >= 11 is 0. The maximum Gasteiger partial charge on any atom is 0.303 e. The van der Waals surface area contributed by atoms with Crippen LogP contribution in [0.5, 0.6) is 0 Å². The number of aliphatic carboxylic acids is 1. The maximum absolute atomic E-state index is 11.6. The summed E-state index contributed by atoms with van der Waals surface area (Å²) in [5.41, 5.74) is 0. The number of allylic oxidation sites excluding steroid dienone is 1. The van der Waals surface area contributed by atoms with Gasteiger partial charge < -0.3 is 9.84 Å². The Labute approximate surface area is 133 Å². The number of hydrogen-bond donors (Lipinski definition) is 1. The largest absolute Gasteiger partial charge is 0.481 e. The molecule has 4 heteroatoms. The second kappa shape index (κ2) is 11.4. The van der Waals surface area contributed by atoms with Gasteiger partial charge in [-0.25, -0.2) is 0 Å². The number of ether oxygens (including phenoxy) is 1. The predicted molar refractivity (Wildman–Crippen MR) is 86.9 cm³/mol. The van der Waals surface area contributed by atoms with Crippen LogP contribution in [0, 0.1) is 0 Å². The van der Waals surface area contributed by atoms with Gasteiger partial charge in [-0.3, -0.25) is 9.59 Å². The summed E-state index contributed by atoms with van der Waals surface area (Å²) in [7, 11) is 0. The van der Waals surface area contributed by atoms with E-state index in [1.807, 2.05) is 6.08 Å². The van der Waals surface area contributed by atoms with Gasteiger partial charge in [0.1, 0.15) is 6.10 Å². The number of epoxide rings is 1. The Morgan fingerprint density at radius 2 is 1.68 bits per heavy atom. The SMILES string of the molecule is CCCCCC(=O)/C=C/[C@@H]1O[C@H]1CCCCCCCC(=O)O. The van der Waals surface area contributed by atoms with Crippen molar-refractivity contribution in [3.05, 3.63) is 12.2 Å². The molecule has 0 unspecified atom stereocenters. The van der Waals surface area contributed by atoms with Gasteiger partial charge >= 0.3 is 5.97 Å². The second-order valence-corrected chi connectivity index (χ2v) is 6.12. The molecule has 0 aromatic rings. The highest BCUT2D eigenvalue weighted by molar-refractivity contribution is 5.89. The van der Waals surface area contributed by atoms with Crippen LogP contribution in [0.15, 0.2) is 12.2 Å². The number of carbonyl (C=O) groups is 2. The van der Waals surface area contributed by atoms with E-state index in [0.29, 0.717) is 12.5 Å². The number of rotatable bonds is 14. The monoisotopic (exact) mass is 310 g/mol. The summed E-state index contributed by atoms with van der Waals surface area (Å²) in [5, 5.41) is 8.53. The summed E-state index contributed by atoms with van der Waals surface area (Å²) in [4.78, 5) is 21.9. The molecule has 0 saturated carbocycles. The molecule has 0 radical (unpaired) electrons. The predicted octanol–water partition coefficient (Wildman–Crippen LogP) is 4.27. The molecule has 0 amide bonds. The molecular weight excluding hydrogens is 280 g/mol. The van der Waals surface area contributed by atoms with Gasteiger partial charge in [0.25, 0.3) is 0 Å². The number of unbranched alkanes of at least 4 members (excludes halogenated alkanes) is 6. The third-order valence-electron chi connectivity index (χ3n) is 4.00. The van der Waals surface area contributed by atoms with Crippen LogP contribution in [0.2, 0.25) is 0 Å². The van der Waals surface area contributed by atoms with Crippen LogP contribution >= 0.6 is 0 Å². The Kier molecular flexibility index (Phi) is 9.80. The molecule has 2 atom stereocenters. The van der Waals surface area contributed by atoms with E-state index in [0.717, 1.165) is 57.8 Å². The van der Waals surface area contributed by atoms with Crippen LogP contribution < -0.4 is 0 Å². The van der Waals surface area contributed by atoms with Crippen molar-refractivity contribution in [3.8, 4) is 0 Å². The first-order valence-corrected chi connectivity index (χ1v) is 8.71. The molecule has 0 aliphatic carbocycles. The Balaban J connectivity index is 1.93. The molecule has 22 heavy (non-hydrogen) atoms. The van der Waals surface area contributed by atoms with Gasteiger partial charge in [-0.15, -0.1) is 0 Å². The lowest BCUT2D eigenvalue weighted by Gasteiger charge is -1.98. The molecule has 1 aliphatic heterocycles. The number of ketones is 1. The van der Waals surface area contributed by atoms with E-state index in [9.17, 15) is 9.59 Å². The average molecular weight is 310 g/mol. The first kappa shape index (κ1) is 18.9. The standard InChI is InChI=1S/C18H30O4/c1-2-3-7-10-15(19)13-14-17-16(22-17)11-8-5-4-6-9-12-18(20)21/h13-14,16-17H,2-12H2,1H3,(H,20,21)/b14-13+/t16-,17-/m0/s1. The summed E-state index contributed by atoms with van der Waals surface area (Å²) in [6, 6.07) is 0. The zero-order chi connectivity index (χ0) is 16.2. The minimum atomic E-state index is -0.703. The molecule has 1 rings (SSSR count). The molecule has 1 fully saturated rings. The molecule has 1 N–H and O–H groups in total. The topological polar surface area (TPSA) is 66.9 Å². The zero-order valence-electron chi connectivity index (χ0n) is 13.8. The zero-order valence-corrected chi connectivity index (χ0v) is 13.8. The smallest absolute Gasteiger partial charge is 0.303 e. The van der Waals surface area contributed by atoms with Gasteiger partial charge in [-0.1, -0.05) is 45.4 Å². The molecular formula is C18H30O4. The molecule has 1 heterocycles. The van der Waals surface area contributed by atoms with Gasteiger partial charge in [0.15, 0.2) is 5.78 Å². The Morgan fingerprint density at radius 3 is 2.41 bits per heavy atom. The normalized spacial score (nSPS) is 20.4. The van der Waals surface area contributed by atoms with Crippen molar-refractivity contribution in [2.75, 3.05) is 0 Å². The van der Waals surface area contributed by atoms with E-state index in [4.69, 9.17) is 9.84 Å². The van der Waals surface area contributed by atoms with Crippen molar-refractivity contribution in [2.24, 2.45) is 0 Å². The van der Waals surface area contributed by atoms with Crippen molar-refractivity contribution in [3.63, 3.8) is 0 Å². The number of carboxylic acid groups (broad SMARTS) is 1. The van der Waals surface area contributed by atoms with E-state index in [-0.39, 0.29) is 18.3 Å². The van der Waals surface area contributed by atoms with Crippen LogP contribution in [0.25, 0.3) is 0 Å². The summed E-state index contributed by atoms with van der Waals surface area (Å²) in [6.45, 7) is 2.13. The van der Waals surface area contributed by atoms with Crippen molar-refractivity contribution >= 4 is 11.8 Å². The van der Waals surface area contributed by atoms with Crippen molar-refractivity contribution in [1.29, 1.82) is 0 Å². The maximum atomic E-state index is 11.6. The molecule has 4 nitrogen and oxygen atoms in total. The summed E-state index contributed by atoms with van der Waals surface area (Å²) < 4.78 is 5.54. The van der Waals surface area contributed by atoms with Crippen molar-refractivity contribution in [1.82, 2.24) is 0 Å². The van der Waals surface area contributed by atoms with Crippen LogP contribution in [-0.2, 0) is 14.3 Å². The third-order valence-corrected chi connectivity index (χ3v) is 4.00. The quantitative estimate of drug-likeness (QED) is 0.295. The minimum absolute atomic E-state index is 0.141. The lowest BCUT2D eigenvalue weighted by atomic mass is 10.1. The van der Waals surface area contributed by atoms with Crippen molar-refractivity contribution in [2.45, 2.75) is 89.8 Å². The van der Waals surface area contributed by atoms with Crippen LogP contribution in [0.3, 0.4) is 0 Å². The highest BCUT2D eigenvalue weighted by atomic mass is 16.6. The molecule has 126 valence electrons. The van der Waals surface area contributed by atoms with E-state index >= 15 is 0 Å². The Morgan fingerprint density at radius 1 is 1.00 bits per heavy atom. The van der Waals surface area contributed by atoms with Crippen molar-refractivity contribution < 1.29 is 19.4 Å². The minimum Gasteiger partial charge on any atom is -0.481 e. The highest BCUT2D eigenvalue weighted by Gasteiger charge is 2.35. The van der Waals surface area contributed by atoms with Gasteiger partial charge in [0, 0.05) is 12.8 Å². The first-order valence-electron chi connectivity index (χ1n) is 8.71. The fourth-order valence-electron chi connectivity index (χ4n) is 2.54. The molecule has 1 saturated heterocycles. The molecule has 0 aromatic heterocycles. The number of carboxylic acids is 1. The molecule has 0 spiro atoms. The van der Waals surface area contributed by atoms with E-state index in [1.165, 1.54) is 0 Å². The molecule has 0 bridgehead atoms. The number of hydrogen-bond acceptors (Lipinski definition) is 3. The summed E-state index contributed by atoms with van der Waals surface area (Å²) in [5.74, 6) is -0.494. The average Bonchev–Trinajstić information content (AvgIpc) is 3.22. The molecule has 0 aromatic carbocycles. The fourth-order valence-corrected chi connectivity index (χ4v) is 2.54. The van der Waals surface area contributed by atoms with E-state index < -0.39 is 5.97 Å². The fraction of sp³-hybridized carbons (Fsp3) is 0.778. The highest BCUT2D eigenvalue weighted by Crippen LogP contribution is 2.28. The number of carbonyl (C=O) groups excluding carboxylic acids is 1. The third kappa shape index (κ3) is 9.72. The first-order chi connectivity index (χ1) is 10.6. The van der Waals surface area contributed by atoms with Crippen LogP contribution in [0.4, 0.5) is 0 Å². The lowest BCUT2D eigenvalue weighted by Crippen LogP contribution is -1.96. The van der Waals surface area contributed by atoms with Gasteiger partial charge in [0.2, 0.25) is 0 Å². The van der Waals surface area contributed by atoms with Crippen LogP contribution in [-0.4, -0.2) is 29.1 Å². The van der Waals surface area contributed by atoms with Gasteiger partial charge in [-0.05, 0) is 31.4 Å². The Bertz CT molecular complexity index is 362. The molecule has 1 aliphatic rings. The van der Waals surface area contributed by atoms with Gasteiger partial charge in [-0.2, -0.15) is 0 Å². The second-order valence-electron chi connectivity index (χ2n) is 6.12.